The monoisotopic (exact) mass is 416 g/mol. The summed E-state index contributed by atoms with van der Waals surface area (Å²) in [6, 6.07) is 12.6. The quantitative estimate of drug-likeness (QED) is 0.593. The number of sulfonamides is 1. The van der Waals surface area contributed by atoms with Gasteiger partial charge in [-0.1, -0.05) is 18.7 Å². The lowest BCUT2D eigenvalue weighted by Gasteiger charge is -2.23. The van der Waals surface area contributed by atoms with Crippen molar-refractivity contribution in [3.05, 3.63) is 66.2 Å². The van der Waals surface area contributed by atoms with E-state index in [9.17, 15) is 13.2 Å². The SMILES string of the molecule is C=CCOc1ccc(NC(=O)CCCN(c2ccc(C)c(C)c2)S(C)(=O)=O)cc1. The molecule has 0 spiro atoms. The number of aryl methyl sites for hydroxylation is 2. The summed E-state index contributed by atoms with van der Waals surface area (Å²) in [4.78, 5) is 12.2. The van der Waals surface area contributed by atoms with Crippen LogP contribution in [-0.4, -0.2) is 33.7 Å². The van der Waals surface area contributed by atoms with E-state index in [2.05, 4.69) is 11.9 Å². The van der Waals surface area contributed by atoms with Crippen LogP contribution in [0.3, 0.4) is 0 Å². The molecule has 156 valence electrons. The average molecular weight is 417 g/mol. The van der Waals surface area contributed by atoms with Crippen LogP contribution < -0.4 is 14.4 Å². The van der Waals surface area contributed by atoms with Gasteiger partial charge in [0, 0.05) is 18.7 Å². The number of rotatable bonds is 10. The van der Waals surface area contributed by atoms with Crippen molar-refractivity contribution >= 4 is 27.3 Å². The lowest BCUT2D eigenvalue weighted by atomic mass is 10.1. The zero-order valence-electron chi connectivity index (χ0n) is 17.1. The summed E-state index contributed by atoms with van der Waals surface area (Å²) < 4.78 is 31.2. The van der Waals surface area contributed by atoms with Crippen molar-refractivity contribution in [3.8, 4) is 5.75 Å². The van der Waals surface area contributed by atoms with Crippen LogP contribution in [0.5, 0.6) is 5.75 Å². The average Bonchev–Trinajstić information content (AvgIpc) is 2.66. The molecule has 29 heavy (non-hydrogen) atoms. The molecule has 2 aromatic rings. The molecule has 0 aliphatic carbocycles. The first-order valence-electron chi connectivity index (χ1n) is 9.39. The van der Waals surface area contributed by atoms with Gasteiger partial charge in [0.05, 0.1) is 11.9 Å². The zero-order valence-corrected chi connectivity index (χ0v) is 18.0. The number of hydrogen-bond acceptors (Lipinski definition) is 4. The topological polar surface area (TPSA) is 75.7 Å². The Morgan fingerprint density at radius 1 is 1.14 bits per heavy atom. The molecule has 0 bridgehead atoms. The van der Waals surface area contributed by atoms with E-state index in [1.807, 2.05) is 26.0 Å². The van der Waals surface area contributed by atoms with Crippen molar-refractivity contribution in [3.63, 3.8) is 0 Å². The molecule has 0 saturated carbocycles. The third-order valence-electron chi connectivity index (χ3n) is 4.45. The fraction of sp³-hybridized carbons (Fsp3) is 0.318. The Bertz CT molecular complexity index is 953. The Labute approximate surface area is 173 Å². The number of benzene rings is 2. The minimum atomic E-state index is -3.44. The maximum atomic E-state index is 12.2. The van der Waals surface area contributed by atoms with E-state index >= 15 is 0 Å². The van der Waals surface area contributed by atoms with Crippen LogP contribution in [0.2, 0.25) is 0 Å². The second-order valence-corrected chi connectivity index (χ2v) is 8.79. The van der Waals surface area contributed by atoms with Crippen LogP contribution >= 0.6 is 0 Å². The molecule has 0 heterocycles. The summed E-state index contributed by atoms with van der Waals surface area (Å²) in [7, 11) is -3.44. The Morgan fingerprint density at radius 2 is 1.83 bits per heavy atom. The van der Waals surface area contributed by atoms with E-state index in [0.29, 0.717) is 30.2 Å². The molecule has 0 aliphatic rings. The summed E-state index contributed by atoms with van der Waals surface area (Å²) in [5.74, 6) is 0.526. The Hall–Kier alpha value is -2.80. The predicted molar refractivity (Wildman–Crippen MR) is 118 cm³/mol. The second-order valence-electron chi connectivity index (χ2n) is 6.88. The highest BCUT2D eigenvalue weighted by Crippen LogP contribution is 2.22. The van der Waals surface area contributed by atoms with Gasteiger partial charge in [-0.25, -0.2) is 8.42 Å². The molecule has 0 unspecified atom stereocenters. The first-order valence-corrected chi connectivity index (χ1v) is 11.2. The first kappa shape index (κ1) is 22.5. The predicted octanol–water partition coefficient (Wildman–Crippen LogP) is 4.05. The van der Waals surface area contributed by atoms with Gasteiger partial charge in [0.25, 0.3) is 0 Å². The summed E-state index contributed by atoms with van der Waals surface area (Å²) in [5.41, 5.74) is 3.40. The summed E-state index contributed by atoms with van der Waals surface area (Å²) >= 11 is 0. The third-order valence-corrected chi connectivity index (χ3v) is 5.64. The molecule has 0 aliphatic heterocycles. The molecule has 1 amide bonds. The van der Waals surface area contributed by atoms with Crippen LogP contribution in [0.4, 0.5) is 11.4 Å². The molecular weight excluding hydrogens is 388 g/mol. The van der Waals surface area contributed by atoms with Gasteiger partial charge in [0.15, 0.2) is 0 Å². The van der Waals surface area contributed by atoms with Gasteiger partial charge >= 0.3 is 0 Å². The standard InChI is InChI=1S/C22H28N2O4S/c1-5-15-28-21-12-9-19(10-13-21)23-22(25)7-6-14-24(29(4,26)27)20-11-8-17(2)18(3)16-20/h5,8-13,16H,1,6-7,14-15H2,2-4H3,(H,23,25). The van der Waals surface area contributed by atoms with E-state index in [4.69, 9.17) is 4.74 Å². The smallest absolute Gasteiger partial charge is 0.232 e. The highest BCUT2D eigenvalue weighted by Gasteiger charge is 2.18. The maximum absolute atomic E-state index is 12.2. The fourth-order valence-electron chi connectivity index (χ4n) is 2.76. The van der Waals surface area contributed by atoms with Crippen LogP contribution in [-0.2, 0) is 14.8 Å². The highest BCUT2D eigenvalue weighted by molar-refractivity contribution is 7.92. The van der Waals surface area contributed by atoms with Crippen molar-refractivity contribution in [1.29, 1.82) is 0 Å². The van der Waals surface area contributed by atoms with Crippen molar-refractivity contribution in [2.45, 2.75) is 26.7 Å². The van der Waals surface area contributed by atoms with Gasteiger partial charge in [-0.2, -0.15) is 0 Å². The molecular formula is C22H28N2O4S. The summed E-state index contributed by atoms with van der Waals surface area (Å²) in [6.07, 6.45) is 3.46. The van der Waals surface area contributed by atoms with Gasteiger partial charge in [0.2, 0.25) is 15.9 Å². The van der Waals surface area contributed by atoms with E-state index in [1.54, 1.807) is 36.4 Å². The Balaban J connectivity index is 1.92. The van der Waals surface area contributed by atoms with E-state index in [0.717, 1.165) is 11.1 Å². The summed E-state index contributed by atoms with van der Waals surface area (Å²) in [5, 5.41) is 2.81. The second kappa shape index (κ2) is 10.1. The van der Waals surface area contributed by atoms with Crippen molar-refractivity contribution in [2.75, 3.05) is 29.0 Å². The number of anilines is 2. The molecule has 1 N–H and O–H groups in total. The number of carbonyl (C=O) groups excluding carboxylic acids is 1. The van der Waals surface area contributed by atoms with Gasteiger partial charge in [-0.05, 0) is 67.8 Å². The molecule has 7 heteroatoms. The normalized spacial score (nSPS) is 11.0. The third kappa shape index (κ3) is 6.94. The lowest BCUT2D eigenvalue weighted by molar-refractivity contribution is -0.116. The number of ether oxygens (including phenoxy) is 1. The Kier molecular flexibility index (Phi) is 7.84. The van der Waals surface area contributed by atoms with E-state index in [-0.39, 0.29) is 18.9 Å². The minimum Gasteiger partial charge on any atom is -0.490 e. The maximum Gasteiger partial charge on any atom is 0.232 e. The Morgan fingerprint density at radius 3 is 2.41 bits per heavy atom. The van der Waals surface area contributed by atoms with Crippen LogP contribution in [0.25, 0.3) is 0 Å². The molecule has 0 atom stereocenters. The highest BCUT2D eigenvalue weighted by atomic mass is 32.2. The molecule has 0 saturated heterocycles. The van der Waals surface area contributed by atoms with Gasteiger partial charge < -0.3 is 10.1 Å². The van der Waals surface area contributed by atoms with Crippen LogP contribution in [0.15, 0.2) is 55.1 Å². The van der Waals surface area contributed by atoms with Crippen LogP contribution in [0, 0.1) is 13.8 Å². The number of amides is 1. The molecule has 0 fully saturated rings. The van der Waals surface area contributed by atoms with Crippen LogP contribution in [0.1, 0.15) is 24.0 Å². The number of hydrogen-bond donors (Lipinski definition) is 1. The molecule has 0 aromatic heterocycles. The molecule has 6 nitrogen and oxygen atoms in total. The summed E-state index contributed by atoms with van der Waals surface area (Å²) in [6.45, 7) is 8.18. The van der Waals surface area contributed by atoms with E-state index < -0.39 is 10.0 Å². The first-order chi connectivity index (χ1) is 13.7. The molecule has 2 rings (SSSR count). The van der Waals surface area contributed by atoms with Crippen molar-refractivity contribution in [2.24, 2.45) is 0 Å². The van der Waals surface area contributed by atoms with Crippen molar-refractivity contribution < 1.29 is 17.9 Å². The molecule has 2 aromatic carbocycles. The van der Waals surface area contributed by atoms with Gasteiger partial charge in [-0.3, -0.25) is 9.10 Å². The van der Waals surface area contributed by atoms with E-state index in [1.165, 1.54) is 10.6 Å². The molecule has 0 radical (unpaired) electrons. The lowest BCUT2D eigenvalue weighted by Crippen LogP contribution is -2.31. The number of nitrogens with one attached hydrogen (secondary N) is 1. The fourth-order valence-corrected chi connectivity index (χ4v) is 3.72. The van der Waals surface area contributed by atoms with Crippen molar-refractivity contribution in [1.82, 2.24) is 0 Å². The number of carbonyl (C=O) groups is 1. The largest absolute Gasteiger partial charge is 0.490 e. The minimum absolute atomic E-state index is 0.168. The zero-order chi connectivity index (χ0) is 21.4. The number of nitrogens with zero attached hydrogens (tertiary/aromatic N) is 1. The van der Waals surface area contributed by atoms with Gasteiger partial charge in [-0.15, -0.1) is 0 Å². The van der Waals surface area contributed by atoms with Gasteiger partial charge in [0.1, 0.15) is 12.4 Å².